The van der Waals surface area contributed by atoms with Gasteiger partial charge in [-0.1, -0.05) is 29.8 Å². The van der Waals surface area contributed by atoms with E-state index < -0.39 is 0 Å². The van der Waals surface area contributed by atoms with Crippen molar-refractivity contribution in [3.05, 3.63) is 34.9 Å². The summed E-state index contributed by atoms with van der Waals surface area (Å²) in [5, 5.41) is 3.80. The Morgan fingerprint density at radius 1 is 1.31 bits per heavy atom. The van der Waals surface area contributed by atoms with Crippen molar-refractivity contribution in [2.24, 2.45) is 0 Å². The molecule has 3 rings (SSSR count). The smallest absolute Gasteiger partial charge is 0.230 e. The second-order valence-electron chi connectivity index (χ2n) is 4.81. The molecule has 16 heavy (non-hydrogen) atoms. The zero-order chi connectivity index (χ0) is 11.2. The number of benzene rings is 1. The number of hydrogen-bond donors (Lipinski definition) is 1. The Balaban J connectivity index is 1.87. The van der Waals surface area contributed by atoms with Gasteiger partial charge in [-0.05, 0) is 37.3 Å². The summed E-state index contributed by atoms with van der Waals surface area (Å²) < 4.78 is 0. The standard InChI is InChI=1S/C13H14ClNO/c14-11-4-2-1-3-10(11)13(7-8-13)12(16)15-9-5-6-9/h1-4,9H,5-8H2,(H,15,16). The first-order chi connectivity index (χ1) is 7.72. The van der Waals surface area contributed by atoms with E-state index >= 15 is 0 Å². The van der Waals surface area contributed by atoms with Gasteiger partial charge in [0.25, 0.3) is 0 Å². The molecular weight excluding hydrogens is 222 g/mol. The van der Waals surface area contributed by atoms with Crippen LogP contribution in [0, 0.1) is 0 Å². The molecule has 0 spiro atoms. The van der Waals surface area contributed by atoms with E-state index in [0.717, 1.165) is 31.2 Å². The summed E-state index contributed by atoms with van der Waals surface area (Å²) >= 11 is 6.17. The van der Waals surface area contributed by atoms with E-state index in [1.807, 2.05) is 24.3 Å². The molecule has 3 heteroatoms. The topological polar surface area (TPSA) is 29.1 Å². The van der Waals surface area contributed by atoms with Gasteiger partial charge in [0.15, 0.2) is 0 Å². The lowest BCUT2D eigenvalue weighted by Crippen LogP contribution is -2.36. The Labute approximate surface area is 100.0 Å². The van der Waals surface area contributed by atoms with E-state index in [0.29, 0.717) is 11.1 Å². The minimum absolute atomic E-state index is 0.170. The van der Waals surface area contributed by atoms with Crippen molar-refractivity contribution in [1.29, 1.82) is 0 Å². The van der Waals surface area contributed by atoms with Crippen molar-refractivity contribution in [2.45, 2.75) is 37.1 Å². The van der Waals surface area contributed by atoms with Crippen LogP contribution in [-0.4, -0.2) is 11.9 Å². The van der Waals surface area contributed by atoms with Crippen molar-refractivity contribution in [2.75, 3.05) is 0 Å². The fourth-order valence-corrected chi connectivity index (χ4v) is 2.46. The van der Waals surface area contributed by atoms with Crippen molar-refractivity contribution < 1.29 is 4.79 Å². The van der Waals surface area contributed by atoms with Crippen LogP contribution in [0.1, 0.15) is 31.2 Å². The average Bonchev–Trinajstić information content (AvgIpc) is 3.13. The fraction of sp³-hybridized carbons (Fsp3) is 0.462. The SMILES string of the molecule is O=C(NC1CC1)C1(c2ccccc2Cl)CC1. The molecule has 0 saturated heterocycles. The minimum atomic E-state index is -0.319. The molecule has 1 aromatic carbocycles. The quantitative estimate of drug-likeness (QED) is 0.858. The lowest BCUT2D eigenvalue weighted by atomic mass is 9.95. The van der Waals surface area contributed by atoms with Gasteiger partial charge < -0.3 is 5.32 Å². The summed E-state index contributed by atoms with van der Waals surface area (Å²) in [6.07, 6.45) is 4.11. The Morgan fingerprint density at radius 3 is 2.56 bits per heavy atom. The second kappa shape index (κ2) is 3.49. The molecule has 0 unspecified atom stereocenters. The Hall–Kier alpha value is -1.02. The molecule has 0 aliphatic heterocycles. The van der Waals surface area contributed by atoms with Crippen LogP contribution in [0.2, 0.25) is 5.02 Å². The molecule has 0 atom stereocenters. The van der Waals surface area contributed by atoms with E-state index in [1.165, 1.54) is 0 Å². The summed E-state index contributed by atoms with van der Waals surface area (Å²) in [6, 6.07) is 8.11. The molecule has 0 bridgehead atoms. The molecule has 0 aromatic heterocycles. The zero-order valence-electron chi connectivity index (χ0n) is 9.00. The summed E-state index contributed by atoms with van der Waals surface area (Å²) in [5.41, 5.74) is 0.677. The van der Waals surface area contributed by atoms with Crippen LogP contribution >= 0.6 is 11.6 Å². The second-order valence-corrected chi connectivity index (χ2v) is 5.22. The number of halogens is 1. The largest absolute Gasteiger partial charge is 0.353 e. The van der Waals surface area contributed by atoms with Gasteiger partial charge in [-0.2, -0.15) is 0 Å². The molecule has 2 aliphatic rings. The zero-order valence-corrected chi connectivity index (χ0v) is 9.76. The van der Waals surface area contributed by atoms with E-state index in [4.69, 9.17) is 11.6 Å². The van der Waals surface area contributed by atoms with Gasteiger partial charge >= 0.3 is 0 Å². The first-order valence-corrected chi connectivity index (χ1v) is 6.16. The third-order valence-corrected chi connectivity index (χ3v) is 3.82. The highest BCUT2D eigenvalue weighted by Crippen LogP contribution is 2.50. The maximum Gasteiger partial charge on any atom is 0.230 e. The molecule has 2 saturated carbocycles. The third-order valence-electron chi connectivity index (χ3n) is 3.49. The van der Waals surface area contributed by atoms with Gasteiger partial charge in [-0.3, -0.25) is 4.79 Å². The van der Waals surface area contributed by atoms with Crippen molar-refractivity contribution in [3.63, 3.8) is 0 Å². The van der Waals surface area contributed by atoms with Crippen LogP contribution in [-0.2, 0) is 10.2 Å². The van der Waals surface area contributed by atoms with E-state index in [9.17, 15) is 4.79 Å². The molecule has 2 nitrogen and oxygen atoms in total. The molecule has 84 valence electrons. The maximum absolute atomic E-state index is 12.2. The van der Waals surface area contributed by atoms with Gasteiger partial charge in [0, 0.05) is 11.1 Å². The Bertz CT molecular complexity index is 435. The number of amides is 1. The van der Waals surface area contributed by atoms with E-state index in [2.05, 4.69) is 5.32 Å². The van der Waals surface area contributed by atoms with Crippen molar-refractivity contribution in [1.82, 2.24) is 5.32 Å². The number of carbonyl (C=O) groups excluding carboxylic acids is 1. The predicted molar refractivity (Wildman–Crippen MR) is 63.5 cm³/mol. The van der Waals surface area contributed by atoms with Crippen molar-refractivity contribution in [3.8, 4) is 0 Å². The minimum Gasteiger partial charge on any atom is -0.353 e. The lowest BCUT2D eigenvalue weighted by molar-refractivity contribution is -0.123. The van der Waals surface area contributed by atoms with Gasteiger partial charge in [0.1, 0.15) is 0 Å². The van der Waals surface area contributed by atoms with Crippen LogP contribution in [0.4, 0.5) is 0 Å². The molecule has 0 radical (unpaired) electrons. The average molecular weight is 236 g/mol. The highest BCUT2D eigenvalue weighted by Gasteiger charge is 2.53. The Morgan fingerprint density at radius 2 is 2.00 bits per heavy atom. The number of nitrogens with one attached hydrogen (secondary N) is 1. The molecule has 1 N–H and O–H groups in total. The fourth-order valence-electron chi connectivity index (χ4n) is 2.14. The highest BCUT2D eigenvalue weighted by molar-refractivity contribution is 6.31. The third kappa shape index (κ3) is 1.61. The molecule has 0 heterocycles. The number of rotatable bonds is 3. The highest BCUT2D eigenvalue weighted by atomic mass is 35.5. The van der Waals surface area contributed by atoms with Gasteiger partial charge in [0.2, 0.25) is 5.91 Å². The molecular formula is C13H14ClNO. The molecule has 1 amide bonds. The van der Waals surface area contributed by atoms with Crippen molar-refractivity contribution >= 4 is 17.5 Å². The monoisotopic (exact) mass is 235 g/mol. The molecule has 2 fully saturated rings. The van der Waals surface area contributed by atoms with E-state index in [-0.39, 0.29) is 11.3 Å². The van der Waals surface area contributed by atoms with Gasteiger partial charge in [-0.15, -0.1) is 0 Å². The number of hydrogen-bond acceptors (Lipinski definition) is 1. The molecule has 2 aliphatic carbocycles. The normalized spacial score (nSPS) is 21.6. The number of carbonyl (C=O) groups is 1. The summed E-state index contributed by atoms with van der Waals surface area (Å²) in [4.78, 5) is 12.2. The lowest BCUT2D eigenvalue weighted by Gasteiger charge is -2.16. The first kappa shape index (κ1) is 10.2. The summed E-state index contributed by atoms with van der Waals surface area (Å²) in [7, 11) is 0. The van der Waals surface area contributed by atoms with E-state index in [1.54, 1.807) is 0 Å². The predicted octanol–water partition coefficient (Wildman–Crippen LogP) is 2.65. The summed E-state index contributed by atoms with van der Waals surface area (Å²) in [6.45, 7) is 0. The molecule has 1 aromatic rings. The maximum atomic E-state index is 12.2. The first-order valence-electron chi connectivity index (χ1n) is 5.78. The Kier molecular flexibility index (Phi) is 2.21. The van der Waals surface area contributed by atoms with Crippen LogP contribution in [0.5, 0.6) is 0 Å². The summed E-state index contributed by atoms with van der Waals surface area (Å²) in [5.74, 6) is 0.170. The van der Waals surface area contributed by atoms with Crippen LogP contribution in [0.3, 0.4) is 0 Å². The van der Waals surface area contributed by atoms with Gasteiger partial charge in [-0.25, -0.2) is 0 Å². The van der Waals surface area contributed by atoms with Gasteiger partial charge in [0.05, 0.1) is 5.41 Å². The van der Waals surface area contributed by atoms with Crippen LogP contribution < -0.4 is 5.32 Å². The van der Waals surface area contributed by atoms with Crippen LogP contribution in [0.25, 0.3) is 0 Å². The van der Waals surface area contributed by atoms with Crippen LogP contribution in [0.15, 0.2) is 24.3 Å².